The van der Waals surface area contributed by atoms with Crippen molar-refractivity contribution < 1.29 is 14.7 Å². The molecule has 1 amide bonds. The van der Waals surface area contributed by atoms with E-state index in [-0.39, 0.29) is 12.3 Å². The highest BCUT2D eigenvalue weighted by Gasteiger charge is 2.44. The van der Waals surface area contributed by atoms with E-state index in [9.17, 15) is 14.7 Å². The lowest BCUT2D eigenvalue weighted by Gasteiger charge is -2.33. The Bertz CT molecular complexity index is 401. The van der Waals surface area contributed by atoms with Gasteiger partial charge < -0.3 is 10.4 Å². The maximum atomic E-state index is 12.3. The standard InChI is InChI=1S/C16H25NO3/c18-14(17-13-9-11-4-5-12(13)8-11)10-16(15(19)20)6-2-1-3-7-16/h11-13H,1-10H2,(H,17,18)(H,19,20). The average Bonchev–Trinajstić information content (AvgIpc) is 3.01. The molecular formula is C16H25NO3. The Hall–Kier alpha value is -1.06. The van der Waals surface area contributed by atoms with Crippen LogP contribution in [-0.2, 0) is 9.59 Å². The molecule has 0 aromatic heterocycles. The molecule has 3 aliphatic carbocycles. The smallest absolute Gasteiger partial charge is 0.310 e. The molecule has 0 radical (unpaired) electrons. The highest BCUT2D eigenvalue weighted by Crippen LogP contribution is 2.45. The molecule has 4 nitrogen and oxygen atoms in total. The number of aliphatic carboxylic acids is 1. The van der Waals surface area contributed by atoms with E-state index in [0.717, 1.165) is 31.6 Å². The molecule has 2 N–H and O–H groups in total. The lowest BCUT2D eigenvalue weighted by Crippen LogP contribution is -2.43. The summed E-state index contributed by atoms with van der Waals surface area (Å²) in [5, 5.41) is 12.7. The van der Waals surface area contributed by atoms with Crippen LogP contribution in [0.25, 0.3) is 0 Å². The van der Waals surface area contributed by atoms with Crippen LogP contribution in [0.2, 0.25) is 0 Å². The summed E-state index contributed by atoms with van der Waals surface area (Å²) in [5.74, 6) is 0.636. The zero-order valence-electron chi connectivity index (χ0n) is 12.1. The second kappa shape index (κ2) is 5.38. The first kappa shape index (κ1) is 13.9. The number of fused-ring (bicyclic) bond motifs is 2. The Morgan fingerprint density at radius 2 is 1.85 bits per heavy atom. The fraction of sp³-hybridized carbons (Fsp3) is 0.875. The Labute approximate surface area is 120 Å². The van der Waals surface area contributed by atoms with Gasteiger partial charge in [0, 0.05) is 12.5 Å². The van der Waals surface area contributed by atoms with E-state index in [1.165, 1.54) is 19.3 Å². The van der Waals surface area contributed by atoms with Crippen LogP contribution in [0.1, 0.15) is 64.2 Å². The number of carbonyl (C=O) groups is 2. The Kier molecular flexibility index (Phi) is 3.74. The van der Waals surface area contributed by atoms with Gasteiger partial charge in [0.1, 0.15) is 0 Å². The number of carboxylic acid groups (broad SMARTS) is 1. The van der Waals surface area contributed by atoms with Gasteiger partial charge in [0.2, 0.25) is 5.91 Å². The molecule has 4 heteroatoms. The molecule has 0 aromatic rings. The zero-order chi connectivity index (χ0) is 14.2. The molecule has 3 saturated carbocycles. The van der Waals surface area contributed by atoms with Gasteiger partial charge in [-0.15, -0.1) is 0 Å². The number of carboxylic acids is 1. The predicted molar refractivity (Wildman–Crippen MR) is 75.1 cm³/mol. The molecule has 3 atom stereocenters. The molecule has 112 valence electrons. The fourth-order valence-corrected chi connectivity index (χ4v) is 4.68. The SMILES string of the molecule is O=C(CC1(C(=O)O)CCCCC1)NC1CC2CCC1C2. The fourth-order valence-electron chi connectivity index (χ4n) is 4.68. The monoisotopic (exact) mass is 279 g/mol. The van der Waals surface area contributed by atoms with Crippen LogP contribution in [0, 0.1) is 17.3 Å². The van der Waals surface area contributed by atoms with E-state index < -0.39 is 11.4 Å². The molecule has 3 aliphatic rings. The van der Waals surface area contributed by atoms with Crippen molar-refractivity contribution in [1.29, 1.82) is 0 Å². The first-order valence-electron chi connectivity index (χ1n) is 8.12. The summed E-state index contributed by atoms with van der Waals surface area (Å²) in [5.41, 5.74) is -0.792. The minimum absolute atomic E-state index is 0.0353. The maximum absolute atomic E-state index is 12.3. The van der Waals surface area contributed by atoms with Crippen LogP contribution in [-0.4, -0.2) is 23.0 Å². The van der Waals surface area contributed by atoms with E-state index in [4.69, 9.17) is 0 Å². The maximum Gasteiger partial charge on any atom is 0.310 e. The molecule has 2 bridgehead atoms. The summed E-state index contributed by atoms with van der Waals surface area (Å²) in [7, 11) is 0. The van der Waals surface area contributed by atoms with Gasteiger partial charge in [0.25, 0.3) is 0 Å². The predicted octanol–water partition coefficient (Wildman–Crippen LogP) is 2.72. The lowest BCUT2D eigenvalue weighted by molar-refractivity contribution is -0.154. The van der Waals surface area contributed by atoms with Gasteiger partial charge in [-0.05, 0) is 43.9 Å². The second-order valence-corrected chi connectivity index (χ2v) is 7.17. The normalized spacial score (nSPS) is 34.9. The van der Waals surface area contributed by atoms with Crippen molar-refractivity contribution in [3.8, 4) is 0 Å². The Balaban J connectivity index is 1.58. The van der Waals surface area contributed by atoms with Crippen molar-refractivity contribution in [1.82, 2.24) is 5.32 Å². The second-order valence-electron chi connectivity index (χ2n) is 7.17. The van der Waals surface area contributed by atoms with Crippen molar-refractivity contribution in [2.24, 2.45) is 17.3 Å². The Morgan fingerprint density at radius 1 is 1.10 bits per heavy atom. The topological polar surface area (TPSA) is 66.4 Å². The first-order chi connectivity index (χ1) is 9.59. The molecule has 0 heterocycles. The summed E-state index contributed by atoms with van der Waals surface area (Å²) in [6, 6.07) is 0.315. The van der Waals surface area contributed by atoms with E-state index >= 15 is 0 Å². The molecule has 0 saturated heterocycles. The van der Waals surface area contributed by atoms with Crippen molar-refractivity contribution in [2.75, 3.05) is 0 Å². The number of hydrogen-bond donors (Lipinski definition) is 2. The van der Waals surface area contributed by atoms with E-state index in [2.05, 4.69) is 5.32 Å². The third-order valence-electron chi connectivity index (χ3n) is 5.85. The zero-order valence-corrected chi connectivity index (χ0v) is 12.1. The molecule has 0 spiro atoms. The third-order valence-corrected chi connectivity index (χ3v) is 5.85. The Morgan fingerprint density at radius 3 is 2.40 bits per heavy atom. The summed E-state index contributed by atoms with van der Waals surface area (Å²) in [4.78, 5) is 23.9. The van der Waals surface area contributed by atoms with Gasteiger partial charge in [-0.2, -0.15) is 0 Å². The van der Waals surface area contributed by atoms with Gasteiger partial charge >= 0.3 is 5.97 Å². The number of rotatable bonds is 4. The van der Waals surface area contributed by atoms with Gasteiger partial charge in [-0.1, -0.05) is 25.7 Å². The summed E-state index contributed by atoms with van der Waals surface area (Å²) >= 11 is 0. The van der Waals surface area contributed by atoms with Gasteiger partial charge in [0.05, 0.1) is 5.41 Å². The molecular weight excluding hydrogens is 254 g/mol. The van der Waals surface area contributed by atoms with E-state index in [0.29, 0.717) is 24.8 Å². The quantitative estimate of drug-likeness (QED) is 0.831. The molecule has 3 rings (SSSR count). The number of amides is 1. The lowest BCUT2D eigenvalue weighted by atomic mass is 9.71. The molecule has 20 heavy (non-hydrogen) atoms. The first-order valence-corrected chi connectivity index (χ1v) is 8.12. The van der Waals surface area contributed by atoms with Crippen molar-refractivity contribution in [2.45, 2.75) is 70.3 Å². The van der Waals surface area contributed by atoms with E-state index in [1.807, 2.05) is 0 Å². The van der Waals surface area contributed by atoms with Crippen LogP contribution < -0.4 is 5.32 Å². The minimum Gasteiger partial charge on any atom is -0.481 e. The summed E-state index contributed by atoms with van der Waals surface area (Å²) < 4.78 is 0. The minimum atomic E-state index is -0.792. The summed E-state index contributed by atoms with van der Waals surface area (Å²) in [6.45, 7) is 0. The molecule has 3 fully saturated rings. The number of nitrogens with one attached hydrogen (secondary N) is 1. The van der Waals surface area contributed by atoms with Crippen LogP contribution >= 0.6 is 0 Å². The van der Waals surface area contributed by atoms with Crippen molar-refractivity contribution >= 4 is 11.9 Å². The van der Waals surface area contributed by atoms with Crippen LogP contribution in [0.15, 0.2) is 0 Å². The van der Waals surface area contributed by atoms with Crippen LogP contribution in [0.5, 0.6) is 0 Å². The highest BCUT2D eigenvalue weighted by molar-refractivity contribution is 5.85. The van der Waals surface area contributed by atoms with Crippen LogP contribution in [0.3, 0.4) is 0 Å². The largest absolute Gasteiger partial charge is 0.481 e. The molecule has 3 unspecified atom stereocenters. The van der Waals surface area contributed by atoms with Crippen LogP contribution in [0.4, 0.5) is 0 Å². The van der Waals surface area contributed by atoms with Gasteiger partial charge in [0.15, 0.2) is 0 Å². The average molecular weight is 279 g/mol. The number of carbonyl (C=O) groups excluding carboxylic acids is 1. The van der Waals surface area contributed by atoms with Gasteiger partial charge in [-0.25, -0.2) is 0 Å². The van der Waals surface area contributed by atoms with Gasteiger partial charge in [-0.3, -0.25) is 9.59 Å². The van der Waals surface area contributed by atoms with E-state index in [1.54, 1.807) is 0 Å². The summed E-state index contributed by atoms with van der Waals surface area (Å²) in [6.07, 6.45) is 9.39. The molecule has 0 aromatic carbocycles. The highest BCUT2D eigenvalue weighted by atomic mass is 16.4. The van der Waals surface area contributed by atoms with Crippen molar-refractivity contribution in [3.05, 3.63) is 0 Å². The third kappa shape index (κ3) is 2.57. The number of hydrogen-bond acceptors (Lipinski definition) is 2. The molecule has 0 aliphatic heterocycles. The van der Waals surface area contributed by atoms with Crippen molar-refractivity contribution in [3.63, 3.8) is 0 Å².